The second kappa shape index (κ2) is 9.97. The van der Waals surface area contributed by atoms with Gasteiger partial charge in [0.05, 0.1) is 6.04 Å². The fraction of sp³-hybridized carbons (Fsp3) is 0.303. The quantitative estimate of drug-likeness (QED) is 0.343. The molecule has 0 radical (unpaired) electrons. The summed E-state index contributed by atoms with van der Waals surface area (Å²) in [5, 5.41) is 7.32. The minimum absolute atomic E-state index is 0.144. The van der Waals surface area contributed by atoms with Gasteiger partial charge in [-0.2, -0.15) is 0 Å². The fourth-order valence-electron chi connectivity index (χ4n) is 6.84. The molecular weight excluding hydrogens is 500 g/mol. The molecule has 2 aliphatic heterocycles. The molecule has 1 aromatic heterocycles. The lowest BCUT2D eigenvalue weighted by atomic mass is 9.89. The lowest BCUT2D eigenvalue weighted by Crippen LogP contribution is -2.57. The highest BCUT2D eigenvalue weighted by molar-refractivity contribution is 6.04. The van der Waals surface area contributed by atoms with Crippen molar-refractivity contribution < 1.29 is 14.4 Å². The molecule has 0 bridgehead atoms. The second-order valence-corrected chi connectivity index (χ2v) is 11.2. The fourth-order valence-corrected chi connectivity index (χ4v) is 6.84. The van der Waals surface area contributed by atoms with E-state index in [1.54, 1.807) is 4.90 Å². The number of carbonyl (C=O) groups excluding carboxylic acids is 3. The molecule has 1 fully saturated rings. The van der Waals surface area contributed by atoms with Crippen LogP contribution in [0.3, 0.4) is 0 Å². The average Bonchev–Trinajstić information content (AvgIpc) is 3.70. The third-order valence-electron chi connectivity index (χ3n) is 8.77. The zero-order chi connectivity index (χ0) is 27.2. The van der Waals surface area contributed by atoms with E-state index in [2.05, 4.69) is 21.7 Å². The van der Waals surface area contributed by atoms with Crippen LogP contribution in [0.4, 0.5) is 0 Å². The molecule has 7 heteroatoms. The number of para-hydroxylation sites is 1. The van der Waals surface area contributed by atoms with E-state index in [1.165, 1.54) is 0 Å². The van der Waals surface area contributed by atoms with E-state index in [9.17, 15) is 14.4 Å². The maximum absolute atomic E-state index is 14.2. The molecule has 1 aliphatic carbocycles. The molecule has 3 atom stereocenters. The molecule has 7 nitrogen and oxygen atoms in total. The number of benzene rings is 3. The Hall–Kier alpha value is -4.39. The van der Waals surface area contributed by atoms with Crippen molar-refractivity contribution >= 4 is 28.6 Å². The van der Waals surface area contributed by atoms with Crippen molar-refractivity contribution in [3.63, 3.8) is 0 Å². The van der Waals surface area contributed by atoms with Crippen molar-refractivity contribution in [2.24, 2.45) is 0 Å². The monoisotopic (exact) mass is 532 g/mol. The summed E-state index contributed by atoms with van der Waals surface area (Å²) >= 11 is 0. The lowest BCUT2D eigenvalue weighted by molar-refractivity contribution is -0.132. The van der Waals surface area contributed by atoms with E-state index in [-0.39, 0.29) is 29.8 Å². The third kappa shape index (κ3) is 4.17. The van der Waals surface area contributed by atoms with E-state index >= 15 is 0 Å². The normalized spacial score (nSPS) is 20.6. The van der Waals surface area contributed by atoms with Crippen LogP contribution in [-0.2, 0) is 22.4 Å². The van der Waals surface area contributed by atoms with Crippen LogP contribution in [0.15, 0.2) is 78.9 Å². The molecule has 3 heterocycles. The molecule has 3 N–H and O–H groups in total. The van der Waals surface area contributed by atoms with Crippen molar-refractivity contribution in [1.82, 2.24) is 20.5 Å². The summed E-state index contributed by atoms with van der Waals surface area (Å²) in [6, 6.07) is 23.7. The number of rotatable bonds is 6. The first-order chi connectivity index (χ1) is 19.6. The number of carbonyl (C=O) groups is 3. The molecule has 0 saturated heterocycles. The highest BCUT2D eigenvalue weighted by Crippen LogP contribution is 2.46. The van der Waals surface area contributed by atoms with Gasteiger partial charge in [-0.3, -0.25) is 14.4 Å². The summed E-state index contributed by atoms with van der Waals surface area (Å²) in [5.74, 6) is -0.620. The van der Waals surface area contributed by atoms with Crippen LogP contribution in [-0.4, -0.2) is 45.7 Å². The smallest absolute Gasteiger partial charge is 0.255 e. The van der Waals surface area contributed by atoms with Gasteiger partial charge in [-0.15, -0.1) is 0 Å². The number of H-pyrrole nitrogens is 1. The van der Waals surface area contributed by atoms with Crippen LogP contribution >= 0.6 is 0 Å². The summed E-state index contributed by atoms with van der Waals surface area (Å²) in [7, 11) is 0. The van der Waals surface area contributed by atoms with Crippen LogP contribution < -0.4 is 10.6 Å². The topological polar surface area (TPSA) is 94.3 Å². The average molecular weight is 533 g/mol. The maximum Gasteiger partial charge on any atom is 0.255 e. The van der Waals surface area contributed by atoms with Crippen LogP contribution in [0.1, 0.15) is 64.5 Å². The predicted molar refractivity (Wildman–Crippen MR) is 153 cm³/mol. The minimum Gasteiger partial charge on any atom is -0.356 e. The molecule has 3 aromatic carbocycles. The molecule has 0 unspecified atom stereocenters. The second-order valence-electron chi connectivity index (χ2n) is 11.2. The van der Waals surface area contributed by atoms with Crippen LogP contribution in [0.2, 0.25) is 0 Å². The van der Waals surface area contributed by atoms with Crippen LogP contribution in [0.25, 0.3) is 10.9 Å². The number of aromatic nitrogens is 1. The van der Waals surface area contributed by atoms with E-state index in [0.717, 1.165) is 59.0 Å². The Kier molecular flexibility index (Phi) is 6.14. The zero-order valence-electron chi connectivity index (χ0n) is 22.2. The van der Waals surface area contributed by atoms with E-state index in [0.29, 0.717) is 18.4 Å². The summed E-state index contributed by atoms with van der Waals surface area (Å²) in [6.07, 6.45) is 4.90. The molecule has 202 valence electrons. The SMILES string of the molecule is O=C(NC1CCCC1)[C@H](Cc1ccccc1)NC(=O)[C@H]1Cc2c([nH]c3ccccc23)[C@H]2c3ccccc3C(=O)N21. The van der Waals surface area contributed by atoms with E-state index in [1.807, 2.05) is 72.8 Å². The molecule has 7 rings (SSSR count). The molecule has 4 aromatic rings. The molecular formula is C33H32N4O3. The lowest BCUT2D eigenvalue weighted by Gasteiger charge is -2.37. The first kappa shape index (κ1) is 24.6. The Bertz CT molecular complexity index is 1600. The third-order valence-corrected chi connectivity index (χ3v) is 8.77. The highest BCUT2D eigenvalue weighted by atomic mass is 16.2. The van der Waals surface area contributed by atoms with Gasteiger partial charge in [0.15, 0.2) is 0 Å². The van der Waals surface area contributed by atoms with Gasteiger partial charge in [0.1, 0.15) is 12.1 Å². The van der Waals surface area contributed by atoms with Gasteiger partial charge in [0.2, 0.25) is 11.8 Å². The Morgan fingerprint density at radius 3 is 2.48 bits per heavy atom. The van der Waals surface area contributed by atoms with Crippen molar-refractivity contribution in [2.75, 3.05) is 0 Å². The van der Waals surface area contributed by atoms with Gasteiger partial charge in [-0.1, -0.05) is 79.6 Å². The van der Waals surface area contributed by atoms with Crippen molar-refractivity contribution in [1.29, 1.82) is 0 Å². The minimum atomic E-state index is -0.742. The number of amides is 3. The summed E-state index contributed by atoms with van der Waals surface area (Å²) in [5.41, 5.74) is 5.50. The summed E-state index contributed by atoms with van der Waals surface area (Å²) < 4.78 is 0. The first-order valence-corrected chi connectivity index (χ1v) is 14.2. The van der Waals surface area contributed by atoms with Crippen LogP contribution in [0.5, 0.6) is 0 Å². The molecule has 1 saturated carbocycles. The Balaban J connectivity index is 1.24. The zero-order valence-corrected chi connectivity index (χ0v) is 22.2. The maximum atomic E-state index is 14.2. The molecule has 0 spiro atoms. The van der Waals surface area contributed by atoms with Gasteiger partial charge in [-0.05, 0) is 41.7 Å². The number of aromatic amines is 1. The molecule has 3 amide bonds. The predicted octanol–water partition coefficient (Wildman–Crippen LogP) is 4.42. The van der Waals surface area contributed by atoms with Gasteiger partial charge in [-0.25, -0.2) is 0 Å². The number of nitrogens with zero attached hydrogens (tertiary/aromatic N) is 1. The number of hydrogen-bond donors (Lipinski definition) is 3. The van der Waals surface area contributed by atoms with Gasteiger partial charge >= 0.3 is 0 Å². The van der Waals surface area contributed by atoms with E-state index < -0.39 is 12.1 Å². The summed E-state index contributed by atoms with van der Waals surface area (Å²) in [6.45, 7) is 0. The molecule has 40 heavy (non-hydrogen) atoms. The van der Waals surface area contributed by atoms with Crippen LogP contribution in [0, 0.1) is 0 Å². The Morgan fingerprint density at radius 2 is 1.65 bits per heavy atom. The Labute approximate surface area is 233 Å². The number of hydrogen-bond acceptors (Lipinski definition) is 3. The van der Waals surface area contributed by atoms with E-state index in [4.69, 9.17) is 0 Å². The standard InChI is InChI=1S/C33H32N4O3/c38-31(34-21-12-4-5-13-21)27(18-20-10-2-1-3-11-20)36-32(39)28-19-25-22-14-8-9-17-26(22)35-29(25)30-23-15-6-7-16-24(23)33(40)37(28)30/h1-3,6-11,14-17,21,27-28,30,35H,4-5,12-13,18-19H2,(H,34,38)(H,36,39)/t27-,28+,30+/m0/s1. The van der Waals surface area contributed by atoms with Gasteiger partial charge in [0, 0.05) is 41.0 Å². The van der Waals surface area contributed by atoms with Crippen molar-refractivity contribution in [2.45, 2.75) is 62.7 Å². The van der Waals surface area contributed by atoms with Crippen molar-refractivity contribution in [3.8, 4) is 0 Å². The summed E-state index contributed by atoms with van der Waals surface area (Å²) in [4.78, 5) is 46.7. The Morgan fingerprint density at radius 1 is 0.925 bits per heavy atom. The van der Waals surface area contributed by atoms with Crippen molar-refractivity contribution in [3.05, 3.63) is 107 Å². The van der Waals surface area contributed by atoms with Gasteiger partial charge < -0.3 is 20.5 Å². The highest BCUT2D eigenvalue weighted by Gasteiger charge is 2.49. The number of nitrogens with one attached hydrogen (secondary N) is 3. The largest absolute Gasteiger partial charge is 0.356 e. The van der Waals surface area contributed by atoms with Gasteiger partial charge in [0.25, 0.3) is 5.91 Å². The number of fused-ring (bicyclic) bond motifs is 7. The molecule has 3 aliphatic rings. The first-order valence-electron chi connectivity index (χ1n) is 14.2.